The number of hydrogen-bond donors (Lipinski definition) is 2. The van der Waals surface area contributed by atoms with Crippen molar-refractivity contribution in [1.29, 1.82) is 5.26 Å². The summed E-state index contributed by atoms with van der Waals surface area (Å²) in [6.07, 6.45) is -5.31. The molecule has 7 nitrogen and oxygen atoms in total. The molecule has 0 radical (unpaired) electrons. The summed E-state index contributed by atoms with van der Waals surface area (Å²) in [4.78, 5) is 18.5. The quantitative estimate of drug-likeness (QED) is 0.799. The minimum absolute atomic E-state index is 0.0622. The molecule has 1 aromatic rings. The van der Waals surface area contributed by atoms with Gasteiger partial charge in [0, 0.05) is 26.1 Å². The molecule has 2 aliphatic heterocycles. The number of aliphatic hydroxyl groups excluding tert-OH is 1. The standard InChI is InChI=1S/C18H19F3N4O3/c1-8-14(26)7-25(8)17-10(4-22)13(18(19,20)21)3-15(23-17)24-5-11-9(2-16(27)28)12(11)6-24/h3,8-9,11-12,14,26H,2,5-7H2,1H3,(H,27,28)/t8-,9-,11+,12-,14+/m0/s1. The molecule has 3 heterocycles. The molecule has 0 amide bonds. The number of β-amino-alcohol motifs (C(OH)–C–C–N with tert-alkyl or cyclic N) is 1. The predicted octanol–water partition coefficient (Wildman–Crippen LogP) is 1.70. The number of carboxylic acids is 1. The van der Waals surface area contributed by atoms with Crippen LogP contribution in [0.2, 0.25) is 0 Å². The van der Waals surface area contributed by atoms with Crippen molar-refractivity contribution in [3.8, 4) is 6.07 Å². The number of fused-ring (bicyclic) bond motifs is 1. The first-order valence-corrected chi connectivity index (χ1v) is 9.05. The van der Waals surface area contributed by atoms with Crippen LogP contribution in [0, 0.1) is 29.1 Å². The largest absolute Gasteiger partial charge is 0.481 e. The number of anilines is 2. The van der Waals surface area contributed by atoms with E-state index in [1.165, 1.54) is 4.90 Å². The topological polar surface area (TPSA) is 101 Å². The smallest absolute Gasteiger partial charge is 0.417 e. The number of hydrogen-bond acceptors (Lipinski definition) is 6. The Morgan fingerprint density at radius 1 is 1.36 bits per heavy atom. The Kier molecular flexibility index (Phi) is 4.19. The number of alkyl halides is 3. The van der Waals surface area contributed by atoms with Gasteiger partial charge in [0.15, 0.2) is 0 Å². The summed E-state index contributed by atoms with van der Waals surface area (Å²) in [5, 5.41) is 28.0. The Labute approximate surface area is 159 Å². The fraction of sp³-hybridized carbons (Fsp3) is 0.611. The van der Waals surface area contributed by atoms with E-state index in [9.17, 15) is 28.3 Å². The van der Waals surface area contributed by atoms with Crippen LogP contribution in [0.4, 0.5) is 24.8 Å². The average molecular weight is 396 g/mol. The van der Waals surface area contributed by atoms with Gasteiger partial charge < -0.3 is 20.0 Å². The average Bonchev–Trinajstić information content (AvgIpc) is 3.05. The van der Waals surface area contributed by atoms with Crippen LogP contribution in [0.15, 0.2) is 6.07 Å². The number of nitriles is 1. The number of carbonyl (C=O) groups is 1. The minimum atomic E-state index is -4.71. The van der Waals surface area contributed by atoms with Crippen molar-refractivity contribution >= 4 is 17.6 Å². The van der Waals surface area contributed by atoms with E-state index in [0.29, 0.717) is 13.1 Å². The van der Waals surface area contributed by atoms with Gasteiger partial charge in [0.25, 0.3) is 0 Å². The molecule has 0 unspecified atom stereocenters. The fourth-order valence-corrected chi connectivity index (χ4v) is 4.43. The summed E-state index contributed by atoms with van der Waals surface area (Å²) in [6.45, 7) is 2.70. The van der Waals surface area contributed by atoms with Crippen molar-refractivity contribution in [3.63, 3.8) is 0 Å². The molecule has 28 heavy (non-hydrogen) atoms. The summed E-state index contributed by atoms with van der Waals surface area (Å²) in [6, 6.07) is 2.10. The molecular weight excluding hydrogens is 377 g/mol. The van der Waals surface area contributed by atoms with Gasteiger partial charge >= 0.3 is 12.1 Å². The van der Waals surface area contributed by atoms with Crippen LogP contribution in [0.1, 0.15) is 24.5 Å². The van der Waals surface area contributed by atoms with Crippen LogP contribution >= 0.6 is 0 Å². The van der Waals surface area contributed by atoms with Crippen LogP contribution in [0.25, 0.3) is 0 Å². The van der Waals surface area contributed by atoms with Crippen molar-refractivity contribution in [2.45, 2.75) is 31.7 Å². The molecule has 5 atom stereocenters. The first-order valence-electron chi connectivity index (χ1n) is 9.05. The van der Waals surface area contributed by atoms with Crippen LogP contribution in [0.5, 0.6) is 0 Å². The molecule has 150 valence electrons. The van der Waals surface area contributed by atoms with E-state index in [0.717, 1.165) is 6.07 Å². The summed E-state index contributed by atoms with van der Waals surface area (Å²) in [7, 11) is 0. The van der Waals surface area contributed by atoms with Crippen molar-refractivity contribution in [1.82, 2.24) is 4.98 Å². The third kappa shape index (κ3) is 2.94. The van der Waals surface area contributed by atoms with Gasteiger partial charge in [0.2, 0.25) is 0 Å². The number of carboxylic acid groups (broad SMARTS) is 1. The van der Waals surface area contributed by atoms with Gasteiger partial charge in [-0.25, -0.2) is 4.98 Å². The number of aliphatic hydroxyl groups is 1. The molecule has 1 saturated carbocycles. The van der Waals surface area contributed by atoms with Crippen LogP contribution < -0.4 is 9.80 Å². The SMILES string of the molecule is C[C@H]1[C@H](O)CN1c1nc(N2C[C@@H]3[C@H](CC(=O)O)[C@@H]3C2)cc(C(F)(F)F)c1C#N. The Morgan fingerprint density at radius 2 is 2.00 bits per heavy atom. The van der Waals surface area contributed by atoms with Crippen LogP contribution in [-0.2, 0) is 11.0 Å². The molecule has 3 aliphatic rings. The summed E-state index contributed by atoms with van der Waals surface area (Å²) in [5.41, 5.74) is -1.57. The monoisotopic (exact) mass is 396 g/mol. The first kappa shape index (κ1) is 18.8. The second kappa shape index (κ2) is 6.24. The molecule has 0 bridgehead atoms. The number of piperidine rings is 1. The van der Waals surface area contributed by atoms with Crippen LogP contribution in [0.3, 0.4) is 0 Å². The molecule has 10 heteroatoms. The Hall–Kier alpha value is -2.54. The van der Waals surface area contributed by atoms with E-state index in [1.54, 1.807) is 17.9 Å². The first-order chi connectivity index (χ1) is 13.1. The summed E-state index contributed by atoms with van der Waals surface area (Å²) >= 11 is 0. The van der Waals surface area contributed by atoms with Gasteiger partial charge in [-0.2, -0.15) is 18.4 Å². The van der Waals surface area contributed by atoms with Gasteiger partial charge in [-0.1, -0.05) is 0 Å². The fourth-order valence-electron chi connectivity index (χ4n) is 4.43. The number of nitrogens with zero attached hydrogens (tertiary/aromatic N) is 4. The maximum Gasteiger partial charge on any atom is 0.417 e. The van der Waals surface area contributed by atoms with Crippen molar-refractivity contribution in [3.05, 3.63) is 17.2 Å². The van der Waals surface area contributed by atoms with Crippen molar-refractivity contribution < 1.29 is 28.2 Å². The highest BCUT2D eigenvalue weighted by molar-refractivity contribution is 5.68. The lowest BCUT2D eigenvalue weighted by molar-refractivity contribution is -0.138. The summed E-state index contributed by atoms with van der Waals surface area (Å²) < 4.78 is 40.8. The Balaban J connectivity index is 1.66. The normalized spacial score (nSPS) is 31.2. The number of aromatic nitrogens is 1. The Morgan fingerprint density at radius 3 is 2.46 bits per heavy atom. The van der Waals surface area contributed by atoms with Crippen molar-refractivity contribution in [2.75, 3.05) is 29.4 Å². The molecule has 0 spiro atoms. The number of pyridine rings is 1. The van der Waals surface area contributed by atoms with E-state index < -0.39 is 35.4 Å². The van der Waals surface area contributed by atoms with Gasteiger partial charge in [-0.15, -0.1) is 0 Å². The highest BCUT2D eigenvalue weighted by Crippen LogP contribution is 2.54. The zero-order valence-corrected chi connectivity index (χ0v) is 15.0. The lowest BCUT2D eigenvalue weighted by atomic mass is 9.99. The highest BCUT2D eigenvalue weighted by Gasteiger charge is 2.56. The number of aliphatic carboxylic acids is 1. The minimum Gasteiger partial charge on any atom is -0.481 e. The lowest BCUT2D eigenvalue weighted by Crippen LogP contribution is -2.59. The zero-order chi connectivity index (χ0) is 20.4. The molecule has 0 aromatic carbocycles. The molecule has 1 aromatic heterocycles. The predicted molar refractivity (Wildman–Crippen MR) is 91.7 cm³/mol. The van der Waals surface area contributed by atoms with E-state index in [-0.39, 0.29) is 42.4 Å². The van der Waals surface area contributed by atoms with E-state index in [4.69, 9.17) is 5.11 Å². The molecule has 4 rings (SSSR count). The third-order valence-electron chi connectivity index (χ3n) is 6.21. The van der Waals surface area contributed by atoms with Gasteiger partial charge in [-0.05, 0) is 30.7 Å². The summed E-state index contributed by atoms with van der Waals surface area (Å²) in [5.74, 6) is -0.426. The second-order valence-corrected chi connectivity index (χ2v) is 7.79. The van der Waals surface area contributed by atoms with Crippen LogP contribution in [-0.4, -0.2) is 52.9 Å². The lowest BCUT2D eigenvalue weighted by Gasteiger charge is -2.45. The molecule has 2 saturated heterocycles. The van der Waals surface area contributed by atoms with Crippen molar-refractivity contribution in [2.24, 2.45) is 17.8 Å². The maximum atomic E-state index is 13.6. The maximum absolute atomic E-state index is 13.6. The van der Waals surface area contributed by atoms with Gasteiger partial charge in [-0.3, -0.25) is 4.79 Å². The van der Waals surface area contributed by atoms with Gasteiger partial charge in [0.05, 0.1) is 17.7 Å². The number of rotatable bonds is 4. The highest BCUT2D eigenvalue weighted by atomic mass is 19.4. The van der Waals surface area contributed by atoms with Gasteiger partial charge in [0.1, 0.15) is 23.3 Å². The number of halogens is 3. The molecule has 3 fully saturated rings. The Bertz CT molecular complexity index is 857. The third-order valence-corrected chi connectivity index (χ3v) is 6.21. The molecular formula is C18H19F3N4O3. The molecule has 1 aliphatic carbocycles. The zero-order valence-electron chi connectivity index (χ0n) is 15.0. The van der Waals surface area contributed by atoms with E-state index in [1.807, 2.05) is 0 Å². The van der Waals surface area contributed by atoms with E-state index in [2.05, 4.69) is 4.98 Å². The van der Waals surface area contributed by atoms with E-state index >= 15 is 0 Å². The second-order valence-electron chi connectivity index (χ2n) is 7.79. The molecule has 2 N–H and O–H groups in total.